The fourth-order valence-corrected chi connectivity index (χ4v) is 6.61. The standard InChI is InChI=1S/C42H82NO8P/c1-6-8-10-12-14-16-18-20-22-24-26-28-30-32-34-41(44)48-38-40(39-50-52(46,47)49-37-36-43(3,4)5)51-42(45)35-33-31-29-27-25-23-21-19-17-15-13-11-9-7-2/h19,21,40H,6-18,20,22-39H2,1-5H3/b21-19-/t40-/m1/s1. The number of hydrogen-bond acceptors (Lipinski definition) is 8. The maximum atomic E-state index is 12.6. The summed E-state index contributed by atoms with van der Waals surface area (Å²) >= 11 is 0. The van der Waals surface area contributed by atoms with Crippen molar-refractivity contribution in [2.75, 3.05) is 47.5 Å². The van der Waals surface area contributed by atoms with Gasteiger partial charge in [-0.25, -0.2) is 0 Å². The van der Waals surface area contributed by atoms with E-state index in [-0.39, 0.29) is 32.0 Å². The highest BCUT2D eigenvalue weighted by atomic mass is 31.2. The summed E-state index contributed by atoms with van der Waals surface area (Å²) in [6.45, 7) is 4.22. The fraction of sp³-hybridized carbons (Fsp3) is 0.905. The molecule has 0 spiro atoms. The smallest absolute Gasteiger partial charge is 0.306 e. The Hall–Kier alpha value is -1.25. The van der Waals surface area contributed by atoms with Crippen molar-refractivity contribution in [3.63, 3.8) is 0 Å². The molecule has 308 valence electrons. The van der Waals surface area contributed by atoms with E-state index in [1.54, 1.807) is 0 Å². The van der Waals surface area contributed by atoms with E-state index >= 15 is 0 Å². The molecule has 0 fully saturated rings. The van der Waals surface area contributed by atoms with Crippen LogP contribution in [0.2, 0.25) is 0 Å². The molecule has 0 aromatic rings. The zero-order valence-corrected chi connectivity index (χ0v) is 35.4. The predicted molar refractivity (Wildman–Crippen MR) is 213 cm³/mol. The number of likely N-dealkylation sites (N-methyl/N-ethyl adjacent to an activating group) is 1. The Balaban J connectivity index is 4.37. The Bertz CT molecular complexity index is 907. The minimum Gasteiger partial charge on any atom is -0.756 e. The first-order valence-corrected chi connectivity index (χ1v) is 22.9. The molecule has 1 unspecified atom stereocenters. The number of hydrogen-bond donors (Lipinski definition) is 0. The molecule has 0 bridgehead atoms. The Morgan fingerprint density at radius 1 is 0.577 bits per heavy atom. The number of unbranched alkanes of at least 4 members (excludes halogenated alkanes) is 23. The Kier molecular flexibility index (Phi) is 34.6. The third-order valence-corrected chi connectivity index (χ3v) is 10.2. The SMILES string of the molecule is CCCCCCC/C=C\CCCCCCCC(=O)O[C@H](COC(=O)CCCCCCCCCCCCCCCC)COP(=O)([O-])OCC[N+](C)(C)C. The molecule has 0 aromatic heterocycles. The summed E-state index contributed by atoms with van der Waals surface area (Å²) in [5, 5.41) is 0. The van der Waals surface area contributed by atoms with Gasteiger partial charge in [0.25, 0.3) is 7.82 Å². The molecular weight excluding hydrogens is 677 g/mol. The number of allylic oxidation sites excluding steroid dienone is 2. The van der Waals surface area contributed by atoms with Crippen molar-refractivity contribution in [3.8, 4) is 0 Å². The van der Waals surface area contributed by atoms with Crippen LogP contribution in [0, 0.1) is 0 Å². The molecule has 0 heterocycles. The van der Waals surface area contributed by atoms with Crippen LogP contribution in [0.5, 0.6) is 0 Å². The van der Waals surface area contributed by atoms with Crippen LogP contribution in [0.15, 0.2) is 12.2 Å². The van der Waals surface area contributed by atoms with E-state index in [9.17, 15) is 19.0 Å². The number of phosphoric ester groups is 1. The van der Waals surface area contributed by atoms with Crippen molar-refractivity contribution in [1.29, 1.82) is 0 Å². The van der Waals surface area contributed by atoms with E-state index in [2.05, 4.69) is 26.0 Å². The zero-order valence-electron chi connectivity index (χ0n) is 34.5. The number of nitrogens with zero attached hydrogens (tertiary/aromatic N) is 1. The quantitative estimate of drug-likeness (QED) is 0.0200. The van der Waals surface area contributed by atoms with Crippen molar-refractivity contribution < 1.29 is 42.1 Å². The first-order valence-electron chi connectivity index (χ1n) is 21.4. The van der Waals surface area contributed by atoms with Crippen LogP contribution in [0.25, 0.3) is 0 Å². The lowest BCUT2D eigenvalue weighted by molar-refractivity contribution is -0.870. The minimum absolute atomic E-state index is 0.0294. The zero-order chi connectivity index (χ0) is 38.6. The molecule has 0 aliphatic carbocycles. The van der Waals surface area contributed by atoms with Crippen LogP contribution in [0.4, 0.5) is 0 Å². The van der Waals surface area contributed by atoms with Gasteiger partial charge in [0.15, 0.2) is 6.10 Å². The normalized spacial score (nSPS) is 13.7. The lowest BCUT2D eigenvalue weighted by Crippen LogP contribution is -2.37. The molecule has 0 aliphatic rings. The second-order valence-electron chi connectivity index (χ2n) is 15.7. The molecule has 2 atom stereocenters. The number of ether oxygens (including phenoxy) is 2. The number of quaternary nitrogens is 1. The molecule has 0 amide bonds. The summed E-state index contributed by atoms with van der Waals surface area (Å²) in [5.41, 5.74) is 0. The summed E-state index contributed by atoms with van der Waals surface area (Å²) in [7, 11) is 1.17. The van der Waals surface area contributed by atoms with Crippen molar-refractivity contribution in [2.24, 2.45) is 0 Å². The molecule has 0 rings (SSSR count). The topological polar surface area (TPSA) is 111 Å². The molecule has 52 heavy (non-hydrogen) atoms. The first-order chi connectivity index (χ1) is 25.0. The second-order valence-corrected chi connectivity index (χ2v) is 17.1. The van der Waals surface area contributed by atoms with Gasteiger partial charge in [0, 0.05) is 12.8 Å². The van der Waals surface area contributed by atoms with Crippen LogP contribution in [-0.4, -0.2) is 70.0 Å². The molecule has 10 heteroatoms. The van der Waals surface area contributed by atoms with Crippen molar-refractivity contribution in [1.82, 2.24) is 0 Å². The molecule has 0 radical (unpaired) electrons. The summed E-state index contributed by atoms with van der Waals surface area (Å²) in [5.74, 6) is -0.837. The Morgan fingerprint density at radius 2 is 0.981 bits per heavy atom. The van der Waals surface area contributed by atoms with Gasteiger partial charge < -0.3 is 27.9 Å². The van der Waals surface area contributed by atoms with Gasteiger partial charge >= 0.3 is 11.9 Å². The molecule has 0 saturated carbocycles. The molecule has 0 aromatic carbocycles. The third kappa shape index (κ3) is 38.5. The van der Waals surface area contributed by atoms with E-state index in [4.69, 9.17) is 18.5 Å². The monoisotopic (exact) mass is 760 g/mol. The highest BCUT2D eigenvalue weighted by Crippen LogP contribution is 2.38. The Morgan fingerprint density at radius 3 is 1.42 bits per heavy atom. The van der Waals surface area contributed by atoms with Crippen molar-refractivity contribution in [3.05, 3.63) is 12.2 Å². The minimum atomic E-state index is -4.62. The van der Waals surface area contributed by atoms with Crippen LogP contribution >= 0.6 is 7.82 Å². The van der Waals surface area contributed by atoms with Gasteiger partial charge in [0.1, 0.15) is 19.8 Å². The largest absolute Gasteiger partial charge is 0.756 e. The summed E-state index contributed by atoms with van der Waals surface area (Å²) in [4.78, 5) is 37.4. The lowest BCUT2D eigenvalue weighted by atomic mass is 10.0. The fourth-order valence-electron chi connectivity index (χ4n) is 5.88. The van der Waals surface area contributed by atoms with E-state index < -0.39 is 26.5 Å². The second kappa shape index (κ2) is 35.5. The van der Waals surface area contributed by atoms with Crippen LogP contribution < -0.4 is 4.89 Å². The van der Waals surface area contributed by atoms with Gasteiger partial charge in [-0.3, -0.25) is 14.2 Å². The van der Waals surface area contributed by atoms with Gasteiger partial charge in [-0.05, 0) is 38.5 Å². The van der Waals surface area contributed by atoms with Gasteiger partial charge in [-0.2, -0.15) is 0 Å². The predicted octanol–water partition coefficient (Wildman–Crippen LogP) is 11.2. The maximum Gasteiger partial charge on any atom is 0.306 e. The van der Waals surface area contributed by atoms with Gasteiger partial charge in [-0.15, -0.1) is 0 Å². The average Bonchev–Trinajstić information content (AvgIpc) is 3.09. The van der Waals surface area contributed by atoms with Gasteiger partial charge in [0.2, 0.25) is 0 Å². The van der Waals surface area contributed by atoms with Crippen LogP contribution in [0.3, 0.4) is 0 Å². The summed E-state index contributed by atoms with van der Waals surface area (Å²) < 4.78 is 33.8. The molecule has 0 aliphatic heterocycles. The molecule has 9 nitrogen and oxygen atoms in total. The highest BCUT2D eigenvalue weighted by Gasteiger charge is 2.21. The average molecular weight is 760 g/mol. The van der Waals surface area contributed by atoms with Gasteiger partial charge in [-0.1, -0.05) is 154 Å². The van der Waals surface area contributed by atoms with E-state index in [0.29, 0.717) is 17.4 Å². The van der Waals surface area contributed by atoms with E-state index in [0.717, 1.165) is 51.4 Å². The lowest BCUT2D eigenvalue weighted by Gasteiger charge is -2.28. The number of carbonyl (C=O) groups is 2. The molecule has 0 N–H and O–H groups in total. The van der Waals surface area contributed by atoms with Crippen LogP contribution in [-0.2, 0) is 32.7 Å². The van der Waals surface area contributed by atoms with Crippen molar-refractivity contribution in [2.45, 2.75) is 200 Å². The number of phosphoric acid groups is 1. The third-order valence-electron chi connectivity index (χ3n) is 9.29. The van der Waals surface area contributed by atoms with Gasteiger partial charge in [0.05, 0.1) is 27.7 Å². The molecular formula is C42H82NO8P. The summed E-state index contributed by atoms with van der Waals surface area (Å²) in [6.07, 6.45) is 35.1. The first kappa shape index (κ1) is 50.8. The Labute approximate surface area is 320 Å². The molecule has 0 saturated heterocycles. The maximum absolute atomic E-state index is 12.6. The highest BCUT2D eigenvalue weighted by molar-refractivity contribution is 7.45. The van der Waals surface area contributed by atoms with Crippen molar-refractivity contribution >= 4 is 19.8 Å². The number of carbonyl (C=O) groups excluding carboxylic acids is 2. The van der Waals surface area contributed by atoms with E-state index in [1.165, 1.54) is 109 Å². The number of rotatable bonds is 39. The summed E-state index contributed by atoms with van der Waals surface area (Å²) in [6, 6.07) is 0. The number of esters is 2. The van der Waals surface area contributed by atoms with Crippen LogP contribution in [0.1, 0.15) is 194 Å². The van der Waals surface area contributed by atoms with E-state index in [1.807, 2.05) is 21.1 Å².